The Labute approximate surface area is 193 Å². The number of halogens is 1. The van der Waals surface area contributed by atoms with Crippen molar-refractivity contribution in [1.82, 2.24) is 8.87 Å². The molecule has 0 aliphatic carbocycles. The van der Waals surface area contributed by atoms with Crippen LogP contribution in [-0.4, -0.2) is 31.4 Å². The zero-order valence-corrected chi connectivity index (χ0v) is 21.4. The van der Waals surface area contributed by atoms with E-state index in [1.54, 1.807) is 26.2 Å². The predicted molar refractivity (Wildman–Crippen MR) is 130 cm³/mol. The fraction of sp³-hybridized carbons (Fsp3) is 0.318. The number of aryl methyl sites for hydroxylation is 1. The molecule has 0 radical (unpaired) electrons. The molecule has 8 heteroatoms. The minimum absolute atomic E-state index is 0. The normalized spacial score (nSPS) is 12.5. The molecule has 0 bridgehead atoms. The van der Waals surface area contributed by atoms with Crippen molar-refractivity contribution in [3.05, 3.63) is 63.8 Å². The molecule has 162 valence electrons. The van der Waals surface area contributed by atoms with E-state index in [4.69, 9.17) is 4.99 Å². The molecule has 1 heterocycles. The van der Waals surface area contributed by atoms with Gasteiger partial charge in [0.2, 0.25) is 10.0 Å². The fourth-order valence-electron chi connectivity index (χ4n) is 3.03. The van der Waals surface area contributed by atoms with Gasteiger partial charge < -0.3 is 4.57 Å². The van der Waals surface area contributed by atoms with Crippen molar-refractivity contribution in [3.8, 4) is 11.3 Å². The van der Waals surface area contributed by atoms with Crippen LogP contribution in [-0.2, 0) is 17.1 Å². The summed E-state index contributed by atoms with van der Waals surface area (Å²) in [6.07, 6.45) is 0. The number of rotatable bonds is 5. The van der Waals surface area contributed by atoms with Crippen LogP contribution in [0, 0.1) is 6.92 Å². The Balaban J connectivity index is 0.00000320. The molecule has 5 nitrogen and oxygen atoms in total. The van der Waals surface area contributed by atoms with E-state index >= 15 is 0 Å². The molecule has 0 amide bonds. The van der Waals surface area contributed by atoms with E-state index in [1.807, 2.05) is 42.1 Å². The summed E-state index contributed by atoms with van der Waals surface area (Å²) in [6.45, 7) is 6.25. The van der Waals surface area contributed by atoms with Crippen LogP contribution in [0.3, 0.4) is 0 Å². The van der Waals surface area contributed by atoms with Gasteiger partial charge in [-0.3, -0.25) is 0 Å². The largest absolute Gasteiger partial charge is 0.320 e. The number of thiazole rings is 1. The third-order valence-corrected chi connectivity index (χ3v) is 7.54. The lowest BCUT2D eigenvalue weighted by molar-refractivity contribution is 0.520. The zero-order valence-electron chi connectivity index (χ0n) is 18.1. The first-order valence-electron chi connectivity index (χ1n) is 9.43. The molecule has 30 heavy (non-hydrogen) atoms. The summed E-state index contributed by atoms with van der Waals surface area (Å²) in [6, 6.07) is 13.7. The first-order valence-corrected chi connectivity index (χ1v) is 11.8. The van der Waals surface area contributed by atoms with Crippen LogP contribution in [0.4, 0.5) is 5.69 Å². The van der Waals surface area contributed by atoms with E-state index < -0.39 is 10.0 Å². The summed E-state index contributed by atoms with van der Waals surface area (Å²) in [5, 5.41) is 2.02. The first kappa shape index (κ1) is 24.5. The Bertz CT molecular complexity index is 1190. The van der Waals surface area contributed by atoms with Crippen molar-refractivity contribution in [1.29, 1.82) is 0 Å². The quantitative estimate of drug-likeness (QED) is 0.471. The lowest BCUT2D eigenvalue weighted by atomic mass is 10.0. The molecule has 0 fully saturated rings. The second kappa shape index (κ2) is 9.60. The van der Waals surface area contributed by atoms with Crippen LogP contribution in [0.1, 0.15) is 30.9 Å². The van der Waals surface area contributed by atoms with Crippen molar-refractivity contribution in [3.63, 3.8) is 0 Å². The van der Waals surface area contributed by atoms with Crippen molar-refractivity contribution >= 4 is 44.0 Å². The minimum Gasteiger partial charge on any atom is -0.320 e. The smallest absolute Gasteiger partial charge is 0.242 e. The maximum atomic E-state index is 12.6. The van der Waals surface area contributed by atoms with Gasteiger partial charge in [-0.15, -0.1) is 28.3 Å². The van der Waals surface area contributed by atoms with E-state index in [1.165, 1.54) is 21.2 Å². The Morgan fingerprint density at radius 3 is 2.27 bits per heavy atom. The topological polar surface area (TPSA) is 54.7 Å². The maximum Gasteiger partial charge on any atom is 0.242 e. The van der Waals surface area contributed by atoms with Gasteiger partial charge in [-0.05, 0) is 54.3 Å². The van der Waals surface area contributed by atoms with E-state index in [9.17, 15) is 8.42 Å². The third-order valence-electron chi connectivity index (χ3n) is 4.83. The number of nitrogens with zero attached hydrogens (tertiary/aromatic N) is 3. The number of aromatic nitrogens is 1. The highest BCUT2D eigenvalue weighted by molar-refractivity contribution is 8.93. The van der Waals surface area contributed by atoms with Crippen LogP contribution >= 0.6 is 28.3 Å². The molecule has 0 N–H and O–H groups in total. The third kappa shape index (κ3) is 5.11. The Kier molecular flexibility index (Phi) is 7.85. The highest BCUT2D eigenvalue weighted by Gasteiger charge is 2.19. The van der Waals surface area contributed by atoms with E-state index in [2.05, 4.69) is 26.0 Å². The lowest BCUT2D eigenvalue weighted by Crippen LogP contribution is -2.22. The van der Waals surface area contributed by atoms with Crippen molar-refractivity contribution in [2.75, 3.05) is 14.1 Å². The van der Waals surface area contributed by atoms with Gasteiger partial charge in [0.15, 0.2) is 4.80 Å². The van der Waals surface area contributed by atoms with Gasteiger partial charge in [0.1, 0.15) is 0 Å². The Morgan fingerprint density at radius 2 is 1.70 bits per heavy atom. The molecule has 0 aliphatic heterocycles. The first-order chi connectivity index (χ1) is 13.6. The Hall–Kier alpha value is -1.74. The molecule has 0 spiro atoms. The maximum absolute atomic E-state index is 12.6. The van der Waals surface area contributed by atoms with Crippen LogP contribution in [0.25, 0.3) is 11.3 Å². The molecule has 3 rings (SSSR count). The van der Waals surface area contributed by atoms with Gasteiger partial charge in [0, 0.05) is 32.1 Å². The van der Waals surface area contributed by atoms with Crippen LogP contribution in [0.15, 0.2) is 57.7 Å². The summed E-state index contributed by atoms with van der Waals surface area (Å²) >= 11 is 1.54. The second-order valence-electron chi connectivity index (χ2n) is 7.64. The summed E-state index contributed by atoms with van der Waals surface area (Å²) in [4.78, 5) is 5.92. The molecule has 0 saturated carbocycles. The second-order valence-corrected chi connectivity index (χ2v) is 10.6. The molecular weight excluding hydrogens is 482 g/mol. The Morgan fingerprint density at radius 1 is 1.07 bits per heavy atom. The van der Waals surface area contributed by atoms with Crippen LogP contribution in [0.5, 0.6) is 0 Å². The van der Waals surface area contributed by atoms with Crippen molar-refractivity contribution in [2.45, 2.75) is 31.6 Å². The van der Waals surface area contributed by atoms with Gasteiger partial charge in [0.25, 0.3) is 0 Å². The van der Waals surface area contributed by atoms with Crippen LogP contribution < -0.4 is 4.80 Å². The van der Waals surface area contributed by atoms with Gasteiger partial charge in [-0.25, -0.2) is 17.7 Å². The van der Waals surface area contributed by atoms with Gasteiger partial charge >= 0.3 is 0 Å². The average Bonchev–Trinajstić information content (AvgIpc) is 3.02. The SMILES string of the molecule is Br.Cc1cc(-c2cs/c(=N/c3ccc(C(C)C)cc3)n2C)cc(S(=O)(=O)N(C)C)c1. The minimum atomic E-state index is -3.49. The molecule has 3 aromatic rings. The standard InChI is InChI=1S/C22H27N3O2S2.BrH/c1-15(2)17-7-9-19(10-8-17)23-22-25(6)21(14-28-22)18-11-16(3)12-20(13-18)29(26,27)24(4)5;/h7-15H,1-6H3;1H/b23-22+;. The lowest BCUT2D eigenvalue weighted by Gasteiger charge is -2.13. The average molecular weight is 511 g/mol. The number of hydrogen-bond acceptors (Lipinski definition) is 4. The molecule has 1 aromatic heterocycles. The monoisotopic (exact) mass is 509 g/mol. The molecule has 2 aromatic carbocycles. The number of hydrogen-bond donors (Lipinski definition) is 0. The van der Waals surface area contributed by atoms with Crippen molar-refractivity contribution in [2.24, 2.45) is 12.0 Å². The summed E-state index contributed by atoms with van der Waals surface area (Å²) in [5.41, 5.74) is 4.89. The molecule has 0 unspecified atom stereocenters. The molecular formula is C22H28BrN3O2S2. The summed E-state index contributed by atoms with van der Waals surface area (Å²) < 4.78 is 28.4. The van der Waals surface area contributed by atoms with Crippen molar-refractivity contribution < 1.29 is 8.42 Å². The van der Waals surface area contributed by atoms with E-state index in [0.717, 1.165) is 27.3 Å². The van der Waals surface area contributed by atoms with Crippen LogP contribution in [0.2, 0.25) is 0 Å². The van der Waals surface area contributed by atoms with Gasteiger partial charge in [0.05, 0.1) is 16.3 Å². The molecule has 0 atom stereocenters. The molecule has 0 saturated heterocycles. The highest BCUT2D eigenvalue weighted by atomic mass is 79.9. The molecule has 0 aliphatic rings. The summed E-state index contributed by atoms with van der Waals surface area (Å²) in [7, 11) is 1.55. The number of sulfonamides is 1. The van der Waals surface area contributed by atoms with Gasteiger partial charge in [-0.2, -0.15) is 0 Å². The summed E-state index contributed by atoms with van der Waals surface area (Å²) in [5.74, 6) is 0.488. The highest BCUT2D eigenvalue weighted by Crippen LogP contribution is 2.26. The predicted octanol–water partition coefficient (Wildman–Crippen LogP) is 5.25. The zero-order chi connectivity index (χ0) is 21.3. The van der Waals surface area contributed by atoms with Gasteiger partial charge in [-0.1, -0.05) is 26.0 Å². The van der Waals surface area contributed by atoms with E-state index in [0.29, 0.717) is 10.8 Å². The fourth-order valence-corrected chi connectivity index (χ4v) is 4.99. The van der Waals surface area contributed by atoms with E-state index in [-0.39, 0.29) is 17.0 Å². The number of benzene rings is 2.